The summed E-state index contributed by atoms with van der Waals surface area (Å²) >= 11 is 0. The molecule has 0 aromatic carbocycles. The Kier molecular flexibility index (Phi) is 7.57. The average molecular weight is 191 g/mol. The Balaban J connectivity index is 3.12. The molecule has 0 rings (SSSR count). The second kappa shape index (κ2) is 7.97. The molecule has 0 amide bonds. The van der Waals surface area contributed by atoms with Crippen LogP contribution in [0.1, 0.15) is 6.92 Å². The molecular weight excluding hydrogens is 174 g/mol. The third kappa shape index (κ3) is 7.70. The zero-order chi connectivity index (χ0) is 10.1. The van der Waals surface area contributed by atoms with Gasteiger partial charge in [-0.2, -0.15) is 0 Å². The van der Waals surface area contributed by atoms with Crippen LogP contribution in [0.4, 0.5) is 0 Å². The number of hydrogen-bond acceptors (Lipinski definition) is 5. The lowest BCUT2D eigenvalue weighted by atomic mass is 10.4. The van der Waals surface area contributed by atoms with E-state index in [0.29, 0.717) is 19.8 Å². The molecule has 0 bridgehead atoms. The molecule has 0 radical (unpaired) electrons. The van der Waals surface area contributed by atoms with Crippen LogP contribution in [0.5, 0.6) is 0 Å². The second-order valence-corrected chi connectivity index (χ2v) is 2.56. The highest BCUT2D eigenvalue weighted by Crippen LogP contribution is 1.84. The number of esters is 1. The van der Waals surface area contributed by atoms with Gasteiger partial charge in [0.1, 0.15) is 12.6 Å². The molecule has 0 aliphatic rings. The van der Waals surface area contributed by atoms with Gasteiger partial charge in [0.25, 0.3) is 0 Å². The van der Waals surface area contributed by atoms with Crippen molar-refractivity contribution in [1.82, 2.24) is 0 Å². The van der Waals surface area contributed by atoms with Crippen LogP contribution < -0.4 is 5.73 Å². The fraction of sp³-hybridized carbons (Fsp3) is 0.875. The highest BCUT2D eigenvalue weighted by atomic mass is 16.6. The highest BCUT2D eigenvalue weighted by Gasteiger charge is 2.07. The molecule has 78 valence electrons. The van der Waals surface area contributed by atoms with Gasteiger partial charge >= 0.3 is 5.97 Å². The summed E-state index contributed by atoms with van der Waals surface area (Å²) in [5, 5.41) is 0. The van der Waals surface area contributed by atoms with Crippen LogP contribution in [0.15, 0.2) is 0 Å². The van der Waals surface area contributed by atoms with Crippen LogP contribution in [0, 0.1) is 0 Å². The van der Waals surface area contributed by atoms with Gasteiger partial charge < -0.3 is 19.9 Å². The van der Waals surface area contributed by atoms with Crippen molar-refractivity contribution in [3.8, 4) is 0 Å². The smallest absolute Gasteiger partial charge is 0.322 e. The Labute approximate surface area is 78.1 Å². The molecule has 5 nitrogen and oxygen atoms in total. The quantitative estimate of drug-likeness (QED) is 0.435. The van der Waals surface area contributed by atoms with E-state index in [-0.39, 0.29) is 6.61 Å². The SMILES string of the molecule is COCCOCCOC(=O)[C@H](C)N. The summed E-state index contributed by atoms with van der Waals surface area (Å²) in [7, 11) is 1.60. The lowest BCUT2D eigenvalue weighted by Gasteiger charge is -2.07. The fourth-order valence-electron chi connectivity index (χ4n) is 0.577. The molecule has 0 unspecified atom stereocenters. The Hall–Kier alpha value is -0.650. The van der Waals surface area contributed by atoms with Gasteiger partial charge in [0.2, 0.25) is 0 Å². The van der Waals surface area contributed by atoms with Crippen LogP contribution >= 0.6 is 0 Å². The maximum absolute atomic E-state index is 10.8. The summed E-state index contributed by atoms with van der Waals surface area (Å²) in [5.74, 6) is -0.407. The van der Waals surface area contributed by atoms with E-state index in [1.54, 1.807) is 14.0 Å². The molecule has 0 saturated heterocycles. The van der Waals surface area contributed by atoms with Crippen molar-refractivity contribution in [2.24, 2.45) is 5.73 Å². The molecule has 0 aromatic heterocycles. The minimum absolute atomic E-state index is 0.240. The maximum Gasteiger partial charge on any atom is 0.322 e. The van der Waals surface area contributed by atoms with Crippen LogP contribution in [-0.4, -0.2) is 45.5 Å². The van der Waals surface area contributed by atoms with Gasteiger partial charge in [0, 0.05) is 7.11 Å². The maximum atomic E-state index is 10.8. The number of carbonyl (C=O) groups is 1. The lowest BCUT2D eigenvalue weighted by molar-refractivity contribution is -0.146. The predicted octanol–water partition coefficient (Wildman–Crippen LogP) is -0.460. The first-order valence-corrected chi connectivity index (χ1v) is 4.17. The molecule has 0 aromatic rings. The fourth-order valence-corrected chi connectivity index (χ4v) is 0.577. The summed E-state index contributed by atoms with van der Waals surface area (Å²) in [5.41, 5.74) is 5.26. The van der Waals surface area contributed by atoms with Crippen LogP contribution in [0.25, 0.3) is 0 Å². The summed E-state index contributed by atoms with van der Waals surface area (Å²) in [6.07, 6.45) is 0. The van der Waals surface area contributed by atoms with Gasteiger partial charge in [-0.05, 0) is 6.92 Å². The molecule has 5 heteroatoms. The Morgan fingerprint density at radius 3 is 2.46 bits per heavy atom. The van der Waals surface area contributed by atoms with E-state index in [0.717, 1.165) is 0 Å². The van der Waals surface area contributed by atoms with Gasteiger partial charge in [-0.25, -0.2) is 0 Å². The third-order valence-corrected chi connectivity index (χ3v) is 1.28. The van der Waals surface area contributed by atoms with E-state index >= 15 is 0 Å². The van der Waals surface area contributed by atoms with E-state index in [9.17, 15) is 4.79 Å². The minimum Gasteiger partial charge on any atom is -0.462 e. The first-order chi connectivity index (χ1) is 6.18. The Morgan fingerprint density at radius 2 is 1.92 bits per heavy atom. The third-order valence-electron chi connectivity index (χ3n) is 1.28. The lowest BCUT2D eigenvalue weighted by Crippen LogP contribution is -2.29. The minimum atomic E-state index is -0.570. The predicted molar refractivity (Wildman–Crippen MR) is 47.3 cm³/mol. The van der Waals surface area contributed by atoms with E-state index in [2.05, 4.69) is 0 Å². The van der Waals surface area contributed by atoms with Crippen molar-refractivity contribution in [2.75, 3.05) is 33.5 Å². The van der Waals surface area contributed by atoms with Gasteiger partial charge in [-0.1, -0.05) is 0 Å². The molecule has 0 saturated carbocycles. The van der Waals surface area contributed by atoms with Crippen molar-refractivity contribution in [3.63, 3.8) is 0 Å². The molecule has 0 spiro atoms. The summed E-state index contributed by atoms with van der Waals surface area (Å²) < 4.78 is 14.6. The molecule has 0 heterocycles. The van der Waals surface area contributed by atoms with Crippen molar-refractivity contribution in [1.29, 1.82) is 0 Å². The number of methoxy groups -OCH3 is 1. The van der Waals surface area contributed by atoms with Gasteiger partial charge in [0.15, 0.2) is 0 Å². The number of carbonyl (C=O) groups excluding carboxylic acids is 1. The number of nitrogens with two attached hydrogens (primary N) is 1. The van der Waals surface area contributed by atoms with E-state index in [1.807, 2.05) is 0 Å². The molecule has 0 fully saturated rings. The summed E-state index contributed by atoms with van der Waals surface area (Å²) in [4.78, 5) is 10.8. The molecular formula is C8H17NO4. The molecule has 13 heavy (non-hydrogen) atoms. The standard InChI is InChI=1S/C8H17NO4/c1-7(9)8(10)13-6-5-12-4-3-11-2/h7H,3-6,9H2,1-2H3/t7-/m0/s1. The van der Waals surface area contributed by atoms with Crippen molar-refractivity contribution in [3.05, 3.63) is 0 Å². The number of rotatable bonds is 7. The van der Waals surface area contributed by atoms with Crippen molar-refractivity contribution < 1.29 is 19.0 Å². The van der Waals surface area contributed by atoms with Crippen LogP contribution in [0.2, 0.25) is 0 Å². The average Bonchev–Trinajstić information content (AvgIpc) is 2.10. The first kappa shape index (κ1) is 12.3. The molecule has 1 atom stereocenters. The highest BCUT2D eigenvalue weighted by molar-refractivity contribution is 5.74. The monoisotopic (exact) mass is 191 g/mol. The summed E-state index contributed by atoms with van der Waals surface area (Å²) in [6.45, 7) is 3.24. The van der Waals surface area contributed by atoms with Crippen LogP contribution in [0.3, 0.4) is 0 Å². The van der Waals surface area contributed by atoms with Gasteiger partial charge in [0.05, 0.1) is 19.8 Å². The molecule has 2 N–H and O–H groups in total. The normalized spacial score (nSPS) is 12.5. The summed E-state index contributed by atoms with van der Waals surface area (Å²) in [6, 6.07) is -0.570. The van der Waals surface area contributed by atoms with Crippen molar-refractivity contribution >= 4 is 5.97 Å². The largest absolute Gasteiger partial charge is 0.462 e. The van der Waals surface area contributed by atoms with E-state index in [1.165, 1.54) is 0 Å². The Bertz CT molecular complexity index is 138. The zero-order valence-corrected chi connectivity index (χ0v) is 8.12. The second-order valence-electron chi connectivity index (χ2n) is 2.56. The topological polar surface area (TPSA) is 70.8 Å². The number of ether oxygens (including phenoxy) is 3. The van der Waals surface area contributed by atoms with Crippen molar-refractivity contribution in [2.45, 2.75) is 13.0 Å². The zero-order valence-electron chi connectivity index (χ0n) is 8.12. The molecule has 0 aliphatic heterocycles. The van der Waals surface area contributed by atoms with Crippen LogP contribution in [-0.2, 0) is 19.0 Å². The Morgan fingerprint density at radius 1 is 1.31 bits per heavy atom. The van der Waals surface area contributed by atoms with E-state index in [4.69, 9.17) is 19.9 Å². The van der Waals surface area contributed by atoms with E-state index < -0.39 is 12.0 Å². The van der Waals surface area contributed by atoms with Gasteiger partial charge in [-0.3, -0.25) is 4.79 Å². The molecule has 0 aliphatic carbocycles. The van der Waals surface area contributed by atoms with Gasteiger partial charge in [-0.15, -0.1) is 0 Å². The number of hydrogen-bond donors (Lipinski definition) is 1. The first-order valence-electron chi connectivity index (χ1n) is 4.17.